The molecule has 4 nitrogen and oxygen atoms in total. The van der Waals surface area contributed by atoms with Crippen LogP contribution in [0, 0.1) is 19.8 Å². The fourth-order valence-electron chi connectivity index (χ4n) is 2.92. The Kier molecular flexibility index (Phi) is 4.07. The van der Waals surface area contributed by atoms with Crippen molar-refractivity contribution in [3.05, 3.63) is 17.0 Å². The fourth-order valence-corrected chi connectivity index (χ4v) is 2.92. The third kappa shape index (κ3) is 2.59. The summed E-state index contributed by atoms with van der Waals surface area (Å²) in [6.07, 6.45) is 2.54. The molecule has 1 saturated heterocycles. The molecule has 2 atom stereocenters. The highest BCUT2D eigenvalue weighted by Crippen LogP contribution is 2.24. The second-order valence-corrected chi connectivity index (χ2v) is 5.73. The third-order valence-electron chi connectivity index (χ3n) is 4.46. The highest BCUT2D eigenvalue weighted by atomic mass is 15.3. The van der Waals surface area contributed by atoms with Crippen molar-refractivity contribution in [2.75, 3.05) is 13.1 Å². The van der Waals surface area contributed by atoms with Crippen LogP contribution in [0.4, 0.5) is 0 Å². The molecule has 0 aromatic carbocycles. The SMILES string of the molecule is Cc1nn(C)c(C)c1CN1CC(CN)CCC1C. The molecule has 2 heterocycles. The van der Waals surface area contributed by atoms with Gasteiger partial charge in [-0.05, 0) is 46.1 Å². The Labute approximate surface area is 110 Å². The summed E-state index contributed by atoms with van der Waals surface area (Å²) in [7, 11) is 2.02. The van der Waals surface area contributed by atoms with E-state index in [0.29, 0.717) is 12.0 Å². The molecular formula is C14H26N4. The molecular weight excluding hydrogens is 224 g/mol. The molecule has 0 saturated carbocycles. The lowest BCUT2D eigenvalue weighted by molar-refractivity contribution is 0.113. The second kappa shape index (κ2) is 5.41. The van der Waals surface area contributed by atoms with Gasteiger partial charge in [-0.15, -0.1) is 0 Å². The standard InChI is InChI=1S/C14H26N4/c1-10-5-6-13(7-15)8-18(10)9-14-11(2)16-17(4)12(14)3/h10,13H,5-9,15H2,1-4H3. The van der Waals surface area contributed by atoms with Crippen LogP contribution in [0.3, 0.4) is 0 Å². The molecule has 2 rings (SSSR count). The summed E-state index contributed by atoms with van der Waals surface area (Å²) in [5.74, 6) is 0.665. The van der Waals surface area contributed by atoms with Crippen LogP contribution in [0.5, 0.6) is 0 Å². The Balaban J connectivity index is 2.11. The molecule has 1 aliphatic heterocycles. The molecule has 2 N–H and O–H groups in total. The first kappa shape index (κ1) is 13.6. The van der Waals surface area contributed by atoms with Crippen LogP contribution < -0.4 is 5.73 Å². The molecule has 0 radical (unpaired) electrons. The number of hydrogen-bond donors (Lipinski definition) is 1. The minimum absolute atomic E-state index is 0.659. The zero-order valence-electron chi connectivity index (χ0n) is 12.1. The number of hydrogen-bond acceptors (Lipinski definition) is 3. The van der Waals surface area contributed by atoms with Gasteiger partial charge in [-0.25, -0.2) is 0 Å². The van der Waals surface area contributed by atoms with Crippen LogP contribution in [0.15, 0.2) is 0 Å². The number of nitrogens with two attached hydrogens (primary N) is 1. The van der Waals surface area contributed by atoms with Crippen molar-refractivity contribution >= 4 is 0 Å². The van der Waals surface area contributed by atoms with E-state index in [4.69, 9.17) is 5.73 Å². The van der Waals surface area contributed by atoms with E-state index in [1.165, 1.54) is 24.1 Å². The highest BCUT2D eigenvalue weighted by molar-refractivity contribution is 5.24. The summed E-state index contributed by atoms with van der Waals surface area (Å²) in [5.41, 5.74) is 9.67. The molecule has 0 aliphatic carbocycles. The monoisotopic (exact) mass is 250 g/mol. The summed E-state index contributed by atoms with van der Waals surface area (Å²) >= 11 is 0. The van der Waals surface area contributed by atoms with E-state index in [0.717, 1.165) is 25.3 Å². The average molecular weight is 250 g/mol. The molecule has 4 heteroatoms. The minimum Gasteiger partial charge on any atom is -0.330 e. The van der Waals surface area contributed by atoms with E-state index in [9.17, 15) is 0 Å². The molecule has 1 aromatic rings. The largest absolute Gasteiger partial charge is 0.330 e. The van der Waals surface area contributed by atoms with Gasteiger partial charge in [-0.3, -0.25) is 9.58 Å². The van der Waals surface area contributed by atoms with Gasteiger partial charge < -0.3 is 5.73 Å². The molecule has 0 amide bonds. The highest BCUT2D eigenvalue weighted by Gasteiger charge is 2.26. The quantitative estimate of drug-likeness (QED) is 0.886. The molecule has 18 heavy (non-hydrogen) atoms. The smallest absolute Gasteiger partial charge is 0.0641 e. The van der Waals surface area contributed by atoms with Crippen molar-refractivity contribution in [2.45, 2.75) is 46.2 Å². The average Bonchev–Trinajstić information content (AvgIpc) is 2.58. The Morgan fingerprint density at radius 3 is 2.61 bits per heavy atom. The van der Waals surface area contributed by atoms with Crippen LogP contribution in [0.1, 0.15) is 36.7 Å². The van der Waals surface area contributed by atoms with Crippen LogP contribution in [-0.2, 0) is 13.6 Å². The molecule has 102 valence electrons. The van der Waals surface area contributed by atoms with Crippen LogP contribution in [0.25, 0.3) is 0 Å². The van der Waals surface area contributed by atoms with E-state index in [1.54, 1.807) is 0 Å². The fraction of sp³-hybridized carbons (Fsp3) is 0.786. The lowest BCUT2D eigenvalue weighted by Gasteiger charge is -2.37. The molecule has 1 fully saturated rings. The number of rotatable bonds is 3. The molecule has 0 spiro atoms. The van der Waals surface area contributed by atoms with Crippen LogP contribution in [-0.4, -0.2) is 33.8 Å². The molecule has 1 aliphatic rings. The van der Waals surface area contributed by atoms with E-state index in [-0.39, 0.29) is 0 Å². The number of aromatic nitrogens is 2. The van der Waals surface area contributed by atoms with Crippen molar-refractivity contribution in [3.63, 3.8) is 0 Å². The summed E-state index contributed by atoms with van der Waals surface area (Å²) in [6, 6.07) is 0.659. The van der Waals surface area contributed by atoms with Gasteiger partial charge in [-0.2, -0.15) is 5.10 Å². The summed E-state index contributed by atoms with van der Waals surface area (Å²) in [4.78, 5) is 2.57. The Bertz CT molecular complexity index is 410. The first-order valence-corrected chi connectivity index (χ1v) is 6.96. The number of nitrogens with zero attached hydrogens (tertiary/aromatic N) is 3. The molecule has 0 bridgehead atoms. The molecule has 1 aromatic heterocycles. The predicted octanol–water partition coefficient (Wildman–Crippen LogP) is 1.60. The van der Waals surface area contributed by atoms with Gasteiger partial charge in [0.1, 0.15) is 0 Å². The number of aryl methyl sites for hydroxylation is 2. The van der Waals surface area contributed by atoms with Crippen molar-refractivity contribution in [3.8, 4) is 0 Å². The van der Waals surface area contributed by atoms with E-state index in [2.05, 4.69) is 30.8 Å². The van der Waals surface area contributed by atoms with Gasteiger partial charge in [0, 0.05) is 37.4 Å². The Morgan fingerprint density at radius 2 is 2.06 bits per heavy atom. The van der Waals surface area contributed by atoms with Crippen molar-refractivity contribution in [2.24, 2.45) is 18.7 Å². The van der Waals surface area contributed by atoms with Gasteiger partial charge in [-0.1, -0.05) is 0 Å². The summed E-state index contributed by atoms with van der Waals surface area (Å²) in [6.45, 7) is 9.55. The number of likely N-dealkylation sites (tertiary alicyclic amines) is 1. The summed E-state index contributed by atoms with van der Waals surface area (Å²) in [5, 5.41) is 4.51. The Morgan fingerprint density at radius 1 is 1.33 bits per heavy atom. The maximum atomic E-state index is 5.83. The van der Waals surface area contributed by atoms with Crippen LogP contribution in [0.2, 0.25) is 0 Å². The minimum atomic E-state index is 0.659. The van der Waals surface area contributed by atoms with Crippen molar-refractivity contribution < 1.29 is 0 Å². The first-order valence-electron chi connectivity index (χ1n) is 6.96. The number of piperidine rings is 1. The van der Waals surface area contributed by atoms with Crippen molar-refractivity contribution in [1.29, 1.82) is 0 Å². The first-order chi connectivity index (χ1) is 8.52. The van der Waals surface area contributed by atoms with Gasteiger partial charge in [0.2, 0.25) is 0 Å². The van der Waals surface area contributed by atoms with Crippen molar-refractivity contribution in [1.82, 2.24) is 14.7 Å². The van der Waals surface area contributed by atoms with E-state index >= 15 is 0 Å². The van der Waals surface area contributed by atoms with E-state index in [1.807, 2.05) is 11.7 Å². The van der Waals surface area contributed by atoms with Gasteiger partial charge in [0.05, 0.1) is 5.69 Å². The maximum absolute atomic E-state index is 5.83. The van der Waals surface area contributed by atoms with Crippen LogP contribution >= 0.6 is 0 Å². The van der Waals surface area contributed by atoms with Gasteiger partial charge >= 0.3 is 0 Å². The second-order valence-electron chi connectivity index (χ2n) is 5.73. The zero-order valence-corrected chi connectivity index (χ0v) is 12.1. The lowest BCUT2D eigenvalue weighted by atomic mass is 9.93. The topological polar surface area (TPSA) is 47.1 Å². The zero-order chi connectivity index (χ0) is 13.3. The Hall–Kier alpha value is -0.870. The maximum Gasteiger partial charge on any atom is 0.0641 e. The third-order valence-corrected chi connectivity index (χ3v) is 4.46. The van der Waals surface area contributed by atoms with Gasteiger partial charge in [0.15, 0.2) is 0 Å². The predicted molar refractivity (Wildman–Crippen MR) is 74.3 cm³/mol. The normalized spacial score (nSPS) is 25.6. The van der Waals surface area contributed by atoms with E-state index < -0.39 is 0 Å². The molecule has 2 unspecified atom stereocenters. The summed E-state index contributed by atoms with van der Waals surface area (Å²) < 4.78 is 1.99. The lowest BCUT2D eigenvalue weighted by Crippen LogP contribution is -2.43. The van der Waals surface area contributed by atoms with Gasteiger partial charge in [0.25, 0.3) is 0 Å².